The first-order valence-electron chi connectivity index (χ1n) is 10.4. The number of alkyl carbamates (subject to hydrolysis) is 1. The van der Waals surface area contributed by atoms with E-state index in [1.807, 2.05) is 60.7 Å². The van der Waals surface area contributed by atoms with E-state index in [4.69, 9.17) is 9.47 Å². The highest BCUT2D eigenvalue weighted by atomic mass is 16.5. The average molecular weight is 427 g/mol. The lowest BCUT2D eigenvalue weighted by atomic mass is 10.0. The highest BCUT2D eigenvalue weighted by molar-refractivity contribution is 5.90. The number of carbonyl (C=O) groups is 3. The lowest BCUT2D eigenvalue weighted by Crippen LogP contribution is -2.54. The highest BCUT2D eigenvalue weighted by Gasteiger charge is 2.30. The maximum atomic E-state index is 12.9. The second kappa shape index (κ2) is 12.4. The fraction of sp³-hybridized carbons (Fsp3) is 0.375. The van der Waals surface area contributed by atoms with Crippen molar-refractivity contribution in [1.29, 1.82) is 0 Å². The normalized spacial score (nSPS) is 12.5. The number of hydrogen-bond acceptors (Lipinski definition) is 5. The third-order valence-corrected chi connectivity index (χ3v) is 4.61. The van der Waals surface area contributed by atoms with Crippen LogP contribution in [0.5, 0.6) is 0 Å². The molecule has 0 aliphatic heterocycles. The van der Waals surface area contributed by atoms with Crippen molar-refractivity contribution in [3.63, 3.8) is 0 Å². The van der Waals surface area contributed by atoms with E-state index in [1.165, 1.54) is 0 Å². The minimum atomic E-state index is -0.865. The molecule has 7 heteroatoms. The summed E-state index contributed by atoms with van der Waals surface area (Å²) in [6.07, 6.45) is -0.414. The van der Waals surface area contributed by atoms with Crippen LogP contribution in [-0.4, -0.2) is 36.7 Å². The molecule has 2 atom stereocenters. The van der Waals surface area contributed by atoms with Crippen LogP contribution < -0.4 is 10.6 Å². The van der Waals surface area contributed by atoms with E-state index in [0.717, 1.165) is 11.1 Å². The molecule has 0 saturated carbocycles. The largest absolute Gasteiger partial charge is 0.464 e. The minimum Gasteiger partial charge on any atom is -0.464 e. The summed E-state index contributed by atoms with van der Waals surface area (Å²) in [5, 5.41) is 5.33. The summed E-state index contributed by atoms with van der Waals surface area (Å²) in [6.45, 7) is 5.62. The standard InChI is InChI=1S/C24H30N2O5/c1-4-30-23(28)20(15-18-11-7-5-8-12-18)25-22(27)21(17(2)3)26-24(29)31-16-19-13-9-6-10-14-19/h5-14,17,20-21H,4,15-16H2,1-3H3,(H,25,27)(H,26,29)/t20-,21-/m0/s1. The van der Waals surface area contributed by atoms with Crippen LogP contribution in [0.4, 0.5) is 4.79 Å². The Morgan fingerprint density at radius 3 is 1.97 bits per heavy atom. The molecule has 31 heavy (non-hydrogen) atoms. The average Bonchev–Trinajstić information content (AvgIpc) is 2.77. The molecule has 0 radical (unpaired) electrons. The smallest absolute Gasteiger partial charge is 0.408 e. The zero-order valence-electron chi connectivity index (χ0n) is 18.2. The molecule has 2 aromatic rings. The molecule has 0 aromatic heterocycles. The van der Waals surface area contributed by atoms with Crippen molar-refractivity contribution in [2.45, 2.75) is 45.9 Å². The number of nitrogens with one attached hydrogen (secondary N) is 2. The molecular formula is C24H30N2O5. The lowest BCUT2D eigenvalue weighted by molar-refractivity contribution is -0.147. The summed E-state index contributed by atoms with van der Waals surface area (Å²) in [5.41, 5.74) is 1.73. The van der Waals surface area contributed by atoms with Crippen molar-refractivity contribution in [3.8, 4) is 0 Å². The van der Waals surface area contributed by atoms with Crippen molar-refractivity contribution in [1.82, 2.24) is 10.6 Å². The quantitative estimate of drug-likeness (QED) is 0.569. The first kappa shape index (κ1) is 23.9. The maximum Gasteiger partial charge on any atom is 0.408 e. The molecule has 0 saturated heterocycles. The van der Waals surface area contributed by atoms with E-state index in [0.29, 0.717) is 0 Å². The van der Waals surface area contributed by atoms with Gasteiger partial charge in [-0.05, 0) is 24.0 Å². The lowest BCUT2D eigenvalue weighted by Gasteiger charge is -2.24. The Morgan fingerprint density at radius 1 is 0.839 bits per heavy atom. The molecule has 2 N–H and O–H groups in total. The van der Waals surface area contributed by atoms with Crippen molar-refractivity contribution in [2.24, 2.45) is 5.92 Å². The molecular weight excluding hydrogens is 396 g/mol. The van der Waals surface area contributed by atoms with Crippen LogP contribution in [0.3, 0.4) is 0 Å². The number of esters is 1. The Labute approximate surface area is 183 Å². The predicted octanol–water partition coefficient (Wildman–Crippen LogP) is 3.23. The van der Waals surface area contributed by atoms with Crippen LogP contribution in [-0.2, 0) is 32.1 Å². The molecule has 0 aliphatic carbocycles. The molecule has 0 spiro atoms. The third-order valence-electron chi connectivity index (χ3n) is 4.61. The number of rotatable bonds is 10. The van der Waals surface area contributed by atoms with E-state index in [2.05, 4.69) is 10.6 Å². The van der Waals surface area contributed by atoms with E-state index in [9.17, 15) is 14.4 Å². The van der Waals surface area contributed by atoms with Gasteiger partial charge in [0.1, 0.15) is 18.7 Å². The fourth-order valence-corrected chi connectivity index (χ4v) is 2.97. The topological polar surface area (TPSA) is 93.7 Å². The van der Waals surface area contributed by atoms with Gasteiger partial charge < -0.3 is 20.1 Å². The Hall–Kier alpha value is -3.35. The van der Waals surface area contributed by atoms with Gasteiger partial charge in [-0.25, -0.2) is 9.59 Å². The van der Waals surface area contributed by atoms with E-state index >= 15 is 0 Å². The SMILES string of the molecule is CCOC(=O)[C@H](Cc1ccccc1)NC(=O)[C@@H](NC(=O)OCc1ccccc1)C(C)C. The van der Waals surface area contributed by atoms with Gasteiger partial charge in [-0.1, -0.05) is 74.5 Å². The van der Waals surface area contributed by atoms with Gasteiger partial charge in [-0.15, -0.1) is 0 Å². The molecule has 0 bridgehead atoms. The van der Waals surface area contributed by atoms with Gasteiger partial charge in [-0.3, -0.25) is 4.79 Å². The van der Waals surface area contributed by atoms with E-state index in [-0.39, 0.29) is 25.6 Å². The Balaban J connectivity index is 2.01. The van der Waals surface area contributed by atoms with Gasteiger partial charge in [0, 0.05) is 6.42 Å². The second-order valence-corrected chi connectivity index (χ2v) is 7.43. The van der Waals surface area contributed by atoms with Crippen molar-refractivity contribution in [3.05, 3.63) is 71.8 Å². The molecule has 2 rings (SSSR count). The third kappa shape index (κ3) is 8.12. The molecule has 2 amide bonds. The number of benzene rings is 2. The summed E-state index contributed by atoms with van der Waals surface area (Å²) >= 11 is 0. The number of amides is 2. The number of ether oxygens (including phenoxy) is 2. The predicted molar refractivity (Wildman–Crippen MR) is 117 cm³/mol. The molecule has 166 valence electrons. The summed E-state index contributed by atoms with van der Waals surface area (Å²) in [7, 11) is 0. The van der Waals surface area contributed by atoms with Crippen LogP contribution in [0.2, 0.25) is 0 Å². The van der Waals surface area contributed by atoms with Gasteiger partial charge in [-0.2, -0.15) is 0 Å². The summed E-state index contributed by atoms with van der Waals surface area (Å²) in [4.78, 5) is 37.6. The molecule has 0 heterocycles. The van der Waals surface area contributed by atoms with Gasteiger partial charge in [0.15, 0.2) is 0 Å². The van der Waals surface area contributed by atoms with Gasteiger partial charge in [0.2, 0.25) is 5.91 Å². The van der Waals surface area contributed by atoms with Crippen LogP contribution in [0.1, 0.15) is 31.9 Å². The fourth-order valence-electron chi connectivity index (χ4n) is 2.97. The first-order valence-corrected chi connectivity index (χ1v) is 10.4. The Morgan fingerprint density at radius 2 is 1.42 bits per heavy atom. The van der Waals surface area contributed by atoms with E-state index < -0.39 is 30.1 Å². The minimum absolute atomic E-state index is 0.0958. The number of hydrogen-bond donors (Lipinski definition) is 2. The zero-order valence-corrected chi connectivity index (χ0v) is 18.2. The molecule has 7 nitrogen and oxygen atoms in total. The van der Waals surface area contributed by atoms with Crippen molar-refractivity contribution >= 4 is 18.0 Å². The van der Waals surface area contributed by atoms with E-state index in [1.54, 1.807) is 20.8 Å². The second-order valence-electron chi connectivity index (χ2n) is 7.43. The summed E-state index contributed by atoms with van der Waals surface area (Å²) < 4.78 is 10.3. The van der Waals surface area contributed by atoms with Crippen LogP contribution in [0.25, 0.3) is 0 Å². The summed E-state index contributed by atoms with van der Waals surface area (Å²) in [6, 6.07) is 16.9. The maximum absolute atomic E-state index is 12.9. The Bertz CT molecular complexity index is 840. The van der Waals surface area contributed by atoms with Gasteiger partial charge in [0.25, 0.3) is 0 Å². The van der Waals surface area contributed by atoms with Crippen molar-refractivity contribution < 1.29 is 23.9 Å². The van der Waals surface area contributed by atoms with Crippen LogP contribution in [0, 0.1) is 5.92 Å². The molecule has 0 fully saturated rings. The first-order chi connectivity index (χ1) is 14.9. The molecule has 2 aromatic carbocycles. The zero-order chi connectivity index (χ0) is 22.6. The van der Waals surface area contributed by atoms with Gasteiger partial charge >= 0.3 is 12.1 Å². The number of carbonyl (C=O) groups excluding carboxylic acids is 3. The Kier molecular flexibility index (Phi) is 9.55. The molecule has 0 aliphatic rings. The van der Waals surface area contributed by atoms with Crippen LogP contribution in [0.15, 0.2) is 60.7 Å². The highest BCUT2D eigenvalue weighted by Crippen LogP contribution is 2.08. The monoisotopic (exact) mass is 426 g/mol. The molecule has 0 unspecified atom stereocenters. The van der Waals surface area contributed by atoms with Crippen molar-refractivity contribution in [2.75, 3.05) is 6.61 Å². The van der Waals surface area contributed by atoms with Crippen LogP contribution >= 0.6 is 0 Å². The van der Waals surface area contributed by atoms with Gasteiger partial charge in [0.05, 0.1) is 6.61 Å². The summed E-state index contributed by atoms with van der Waals surface area (Å²) in [5.74, 6) is -1.21.